The van der Waals surface area contributed by atoms with E-state index in [2.05, 4.69) is 11.9 Å². The number of rotatable bonds is 3. The maximum Gasteiger partial charge on any atom is 0.257 e. The van der Waals surface area contributed by atoms with E-state index in [1.54, 1.807) is 13.3 Å². The van der Waals surface area contributed by atoms with Gasteiger partial charge in [0.1, 0.15) is 6.61 Å². The molecule has 2 heterocycles. The van der Waals surface area contributed by atoms with E-state index < -0.39 is 0 Å². The molecule has 0 radical (unpaired) electrons. The molecule has 1 atom stereocenters. The van der Waals surface area contributed by atoms with Gasteiger partial charge in [-0.15, -0.1) is 0 Å². The quantitative estimate of drug-likeness (QED) is 0.755. The summed E-state index contributed by atoms with van der Waals surface area (Å²) in [5, 5.41) is 0. The number of hydrogen-bond acceptors (Lipinski definition) is 4. The Labute approximate surface area is 89.2 Å². The summed E-state index contributed by atoms with van der Waals surface area (Å²) < 4.78 is 16.3. The average Bonchev–Trinajstić information content (AvgIpc) is 2.28. The molecule has 4 heteroatoms. The van der Waals surface area contributed by atoms with Gasteiger partial charge in [-0.1, -0.05) is 6.92 Å². The van der Waals surface area contributed by atoms with Crippen molar-refractivity contribution < 1.29 is 14.2 Å². The molecule has 1 aromatic heterocycles. The SMILES string of the molecule is CCc1ccnc2c1OCC(COC)O2. The summed E-state index contributed by atoms with van der Waals surface area (Å²) in [6.07, 6.45) is 2.61. The van der Waals surface area contributed by atoms with Crippen LogP contribution in [-0.4, -0.2) is 31.4 Å². The van der Waals surface area contributed by atoms with Crippen molar-refractivity contribution in [1.29, 1.82) is 0 Å². The van der Waals surface area contributed by atoms with Gasteiger partial charge in [-0.2, -0.15) is 0 Å². The zero-order chi connectivity index (χ0) is 10.7. The van der Waals surface area contributed by atoms with Gasteiger partial charge in [0.25, 0.3) is 5.88 Å². The minimum Gasteiger partial charge on any atom is -0.484 e. The maximum absolute atomic E-state index is 5.65. The summed E-state index contributed by atoms with van der Waals surface area (Å²) in [5.41, 5.74) is 1.14. The molecule has 0 amide bonds. The Morgan fingerprint density at radius 3 is 3.20 bits per heavy atom. The van der Waals surface area contributed by atoms with E-state index in [1.807, 2.05) is 6.07 Å². The smallest absolute Gasteiger partial charge is 0.257 e. The Bertz CT molecular complexity index is 341. The molecule has 0 fully saturated rings. The van der Waals surface area contributed by atoms with E-state index in [-0.39, 0.29) is 6.10 Å². The predicted octanol–water partition coefficient (Wildman–Crippen LogP) is 1.43. The molecule has 0 bridgehead atoms. The highest BCUT2D eigenvalue weighted by molar-refractivity contribution is 5.42. The number of hydrogen-bond donors (Lipinski definition) is 0. The van der Waals surface area contributed by atoms with Crippen LogP contribution in [0.25, 0.3) is 0 Å². The van der Waals surface area contributed by atoms with E-state index >= 15 is 0 Å². The monoisotopic (exact) mass is 209 g/mol. The second-order valence-corrected chi connectivity index (χ2v) is 3.46. The lowest BCUT2D eigenvalue weighted by molar-refractivity contribution is 0.0229. The van der Waals surface area contributed by atoms with Crippen LogP contribution < -0.4 is 9.47 Å². The summed E-state index contributed by atoms with van der Waals surface area (Å²) in [4.78, 5) is 4.16. The number of pyridine rings is 1. The number of methoxy groups -OCH3 is 1. The lowest BCUT2D eigenvalue weighted by Gasteiger charge is -2.26. The number of aryl methyl sites for hydroxylation is 1. The van der Waals surface area contributed by atoms with Crippen LogP contribution in [0.3, 0.4) is 0 Å². The van der Waals surface area contributed by atoms with Gasteiger partial charge < -0.3 is 14.2 Å². The van der Waals surface area contributed by atoms with Crippen molar-refractivity contribution in [3.63, 3.8) is 0 Å². The van der Waals surface area contributed by atoms with Crippen molar-refractivity contribution in [2.45, 2.75) is 19.4 Å². The fourth-order valence-corrected chi connectivity index (χ4v) is 1.62. The Balaban J connectivity index is 2.20. The lowest BCUT2D eigenvalue weighted by Crippen LogP contribution is -2.33. The molecule has 2 rings (SSSR count). The first-order chi connectivity index (χ1) is 7.35. The molecule has 82 valence electrons. The molecule has 1 unspecified atom stereocenters. The molecular formula is C11H15NO3. The summed E-state index contributed by atoms with van der Waals surface area (Å²) in [7, 11) is 1.65. The Hall–Kier alpha value is -1.29. The summed E-state index contributed by atoms with van der Waals surface area (Å²) in [6.45, 7) is 3.14. The number of nitrogens with zero attached hydrogens (tertiary/aromatic N) is 1. The molecule has 4 nitrogen and oxygen atoms in total. The highest BCUT2D eigenvalue weighted by atomic mass is 16.6. The molecular weight excluding hydrogens is 194 g/mol. The van der Waals surface area contributed by atoms with Gasteiger partial charge in [-0.05, 0) is 12.5 Å². The standard InChI is InChI=1S/C11H15NO3/c1-3-8-4-5-12-11-10(8)14-7-9(15-11)6-13-2/h4-5,9H,3,6-7H2,1-2H3. The van der Waals surface area contributed by atoms with Crippen LogP contribution in [0.5, 0.6) is 11.6 Å². The predicted molar refractivity (Wildman–Crippen MR) is 55.4 cm³/mol. The highest BCUT2D eigenvalue weighted by Gasteiger charge is 2.23. The fraction of sp³-hybridized carbons (Fsp3) is 0.545. The second-order valence-electron chi connectivity index (χ2n) is 3.46. The zero-order valence-electron chi connectivity index (χ0n) is 9.03. The van der Waals surface area contributed by atoms with Crippen molar-refractivity contribution in [2.24, 2.45) is 0 Å². The van der Waals surface area contributed by atoms with Crippen LogP contribution in [0.4, 0.5) is 0 Å². The normalized spacial score (nSPS) is 18.9. The second kappa shape index (κ2) is 4.49. The van der Waals surface area contributed by atoms with E-state index in [4.69, 9.17) is 14.2 Å². The van der Waals surface area contributed by atoms with E-state index in [1.165, 1.54) is 0 Å². The Kier molecular flexibility index (Phi) is 3.06. The lowest BCUT2D eigenvalue weighted by atomic mass is 10.2. The van der Waals surface area contributed by atoms with E-state index in [9.17, 15) is 0 Å². The number of aromatic nitrogens is 1. The third kappa shape index (κ3) is 2.04. The van der Waals surface area contributed by atoms with Crippen molar-refractivity contribution >= 4 is 0 Å². The van der Waals surface area contributed by atoms with Gasteiger partial charge in [-0.3, -0.25) is 0 Å². The topological polar surface area (TPSA) is 40.6 Å². The summed E-state index contributed by atoms with van der Waals surface area (Å²) in [5.74, 6) is 1.37. The molecule has 0 spiro atoms. The Morgan fingerprint density at radius 2 is 2.47 bits per heavy atom. The van der Waals surface area contributed by atoms with Crippen molar-refractivity contribution in [3.8, 4) is 11.6 Å². The van der Waals surface area contributed by atoms with E-state index in [0.29, 0.717) is 19.1 Å². The number of fused-ring (bicyclic) bond motifs is 1. The first-order valence-corrected chi connectivity index (χ1v) is 5.11. The zero-order valence-corrected chi connectivity index (χ0v) is 9.03. The van der Waals surface area contributed by atoms with Gasteiger partial charge in [0, 0.05) is 18.9 Å². The molecule has 0 aromatic carbocycles. The van der Waals surface area contributed by atoms with Gasteiger partial charge in [0.2, 0.25) is 0 Å². The minimum absolute atomic E-state index is 0.0536. The van der Waals surface area contributed by atoms with Crippen molar-refractivity contribution in [1.82, 2.24) is 4.98 Å². The van der Waals surface area contributed by atoms with Crippen molar-refractivity contribution in [2.75, 3.05) is 20.3 Å². The number of ether oxygens (including phenoxy) is 3. The molecule has 1 aliphatic heterocycles. The first kappa shape index (κ1) is 10.2. The third-order valence-electron chi connectivity index (χ3n) is 2.38. The molecule has 0 saturated carbocycles. The van der Waals surface area contributed by atoms with Crippen LogP contribution in [0, 0.1) is 0 Å². The molecule has 1 aromatic rings. The Morgan fingerprint density at radius 1 is 1.60 bits per heavy atom. The van der Waals surface area contributed by atoms with Crippen LogP contribution in [0.15, 0.2) is 12.3 Å². The molecule has 0 aliphatic carbocycles. The van der Waals surface area contributed by atoms with Crippen LogP contribution in [0.2, 0.25) is 0 Å². The highest BCUT2D eigenvalue weighted by Crippen LogP contribution is 2.33. The molecule has 15 heavy (non-hydrogen) atoms. The molecule has 0 saturated heterocycles. The van der Waals surface area contributed by atoms with Gasteiger partial charge in [-0.25, -0.2) is 4.98 Å². The molecule has 0 N–H and O–H groups in total. The van der Waals surface area contributed by atoms with Crippen molar-refractivity contribution in [3.05, 3.63) is 17.8 Å². The largest absolute Gasteiger partial charge is 0.484 e. The fourth-order valence-electron chi connectivity index (χ4n) is 1.62. The van der Waals surface area contributed by atoms with Crippen LogP contribution in [-0.2, 0) is 11.2 Å². The van der Waals surface area contributed by atoms with Gasteiger partial charge >= 0.3 is 0 Å². The van der Waals surface area contributed by atoms with Crippen LogP contribution in [0.1, 0.15) is 12.5 Å². The van der Waals surface area contributed by atoms with E-state index in [0.717, 1.165) is 17.7 Å². The summed E-state index contributed by atoms with van der Waals surface area (Å²) >= 11 is 0. The third-order valence-corrected chi connectivity index (χ3v) is 2.38. The summed E-state index contributed by atoms with van der Waals surface area (Å²) in [6, 6.07) is 1.96. The average molecular weight is 209 g/mol. The van der Waals surface area contributed by atoms with Gasteiger partial charge in [0.05, 0.1) is 6.61 Å². The van der Waals surface area contributed by atoms with Gasteiger partial charge in [0.15, 0.2) is 11.9 Å². The maximum atomic E-state index is 5.65. The first-order valence-electron chi connectivity index (χ1n) is 5.11. The molecule has 1 aliphatic rings. The van der Waals surface area contributed by atoms with Crippen LogP contribution >= 0.6 is 0 Å². The minimum atomic E-state index is -0.0536.